The maximum atomic E-state index is 15.0. The van der Waals surface area contributed by atoms with Crippen LogP contribution in [-0.4, -0.2) is 96.1 Å². The molecule has 0 saturated heterocycles. The predicted octanol–water partition coefficient (Wildman–Crippen LogP) is 11.8. The Balaban J connectivity index is 1.49. The van der Waals surface area contributed by atoms with Crippen molar-refractivity contribution in [2.24, 2.45) is 22.9 Å². The Labute approximate surface area is 416 Å². The van der Waals surface area contributed by atoms with Gasteiger partial charge in [-0.1, -0.05) is 119 Å². The number of hydrogen-bond donors (Lipinski definition) is 3. The van der Waals surface area contributed by atoms with Crippen molar-refractivity contribution < 1.29 is 43.9 Å². The number of oxime groups is 1. The summed E-state index contributed by atoms with van der Waals surface area (Å²) in [6, 6.07) is 23.5. The van der Waals surface area contributed by atoms with Gasteiger partial charge in [0.2, 0.25) is 11.7 Å². The number of aliphatic hydroxyl groups excluding tert-OH is 3. The molecular weight excluding hydrogens is 889 g/mol. The Morgan fingerprint density at radius 3 is 2.26 bits per heavy atom. The van der Waals surface area contributed by atoms with Crippen molar-refractivity contribution in [1.29, 1.82) is 0 Å². The minimum Gasteiger partial charge on any atom is -0.459 e. The van der Waals surface area contributed by atoms with Crippen LogP contribution in [0.4, 0.5) is 0 Å². The van der Waals surface area contributed by atoms with Crippen molar-refractivity contribution in [2.75, 3.05) is 52.4 Å². The second-order valence-corrected chi connectivity index (χ2v) is 19.7. The van der Waals surface area contributed by atoms with Gasteiger partial charge in [-0.05, 0) is 104 Å². The van der Waals surface area contributed by atoms with E-state index in [9.17, 15) is 15.3 Å². The first-order chi connectivity index (χ1) is 33.9. The molecule has 378 valence electrons. The highest BCUT2D eigenvalue weighted by Gasteiger charge is 2.65. The molecule has 0 spiro atoms. The number of aliphatic hydroxyl groups is 3. The zero-order valence-electron chi connectivity index (χ0n) is 41.4. The first kappa shape index (κ1) is 54.2. The number of rotatable bonds is 33. The SMILES string of the molecule is C=CCOC12Oc3ccc(Oc4ccc(SC)cc4)cc3C3C(CCCCO)C(CCCCO)C=C(C(=NOCc4ccccc4)CC1N(CCOCCO)C(=O)CCCCCCCCCCC)C32. The van der Waals surface area contributed by atoms with Crippen molar-refractivity contribution in [2.45, 2.75) is 145 Å². The lowest BCUT2D eigenvalue weighted by atomic mass is 9.55. The van der Waals surface area contributed by atoms with E-state index in [-0.39, 0.29) is 76.5 Å². The second kappa shape index (κ2) is 29.2. The first-order valence-corrected chi connectivity index (χ1v) is 27.2. The summed E-state index contributed by atoms with van der Waals surface area (Å²) in [5.74, 6) is 0.198. The van der Waals surface area contributed by atoms with E-state index in [0.717, 1.165) is 78.0 Å². The molecule has 3 aromatic rings. The van der Waals surface area contributed by atoms with Crippen LogP contribution in [0.25, 0.3) is 0 Å². The van der Waals surface area contributed by atoms with Gasteiger partial charge in [-0.2, -0.15) is 0 Å². The van der Waals surface area contributed by atoms with Gasteiger partial charge < -0.3 is 44.0 Å². The summed E-state index contributed by atoms with van der Waals surface area (Å²) in [4.78, 5) is 24.4. The zero-order valence-corrected chi connectivity index (χ0v) is 42.3. The number of benzene rings is 3. The van der Waals surface area contributed by atoms with Gasteiger partial charge in [0.1, 0.15) is 29.9 Å². The molecule has 3 aromatic carbocycles. The van der Waals surface area contributed by atoms with E-state index in [0.29, 0.717) is 37.2 Å². The molecule has 1 aliphatic heterocycles. The number of hydrogen-bond acceptors (Lipinski definition) is 11. The van der Waals surface area contributed by atoms with E-state index in [4.69, 9.17) is 28.9 Å². The highest BCUT2D eigenvalue weighted by Crippen LogP contribution is 2.62. The number of thioether (sulfide) groups is 1. The molecule has 2 aliphatic carbocycles. The smallest absolute Gasteiger partial charge is 0.239 e. The number of unbranched alkanes of at least 4 members (excludes halogenated alkanes) is 10. The molecule has 3 aliphatic rings. The van der Waals surface area contributed by atoms with E-state index in [1.165, 1.54) is 38.5 Å². The van der Waals surface area contributed by atoms with Crippen molar-refractivity contribution in [3.8, 4) is 17.2 Å². The Bertz CT molecular complexity index is 2050. The maximum absolute atomic E-state index is 15.0. The fraction of sp³-hybridized carbons (Fsp3) is 0.579. The molecule has 69 heavy (non-hydrogen) atoms. The average molecular weight is 969 g/mol. The quantitative estimate of drug-likeness (QED) is 0.0234. The molecule has 1 saturated carbocycles. The topological polar surface area (TPSA) is 140 Å². The van der Waals surface area contributed by atoms with Gasteiger partial charge in [-0.3, -0.25) is 4.79 Å². The lowest BCUT2D eigenvalue weighted by Crippen LogP contribution is -2.70. The number of nitrogens with zero attached hydrogens (tertiary/aromatic N) is 2. The predicted molar refractivity (Wildman–Crippen MR) is 276 cm³/mol. The average Bonchev–Trinajstić information content (AvgIpc) is 3.37. The van der Waals surface area contributed by atoms with Gasteiger partial charge in [0.15, 0.2) is 0 Å². The molecule has 1 fully saturated rings. The Hall–Kier alpha value is -4.17. The molecule has 6 rings (SSSR count). The van der Waals surface area contributed by atoms with Crippen molar-refractivity contribution in [3.05, 3.63) is 108 Å². The molecule has 12 heteroatoms. The van der Waals surface area contributed by atoms with Crippen LogP contribution in [0.5, 0.6) is 17.2 Å². The molecule has 0 radical (unpaired) electrons. The van der Waals surface area contributed by atoms with Gasteiger partial charge in [-0.25, -0.2) is 0 Å². The van der Waals surface area contributed by atoms with Crippen LogP contribution in [0.15, 0.2) is 107 Å². The number of ether oxygens (including phenoxy) is 4. The van der Waals surface area contributed by atoms with E-state index >= 15 is 4.79 Å². The number of carbonyl (C=O) groups is 1. The van der Waals surface area contributed by atoms with Crippen LogP contribution in [0.3, 0.4) is 0 Å². The summed E-state index contributed by atoms with van der Waals surface area (Å²) in [6.45, 7) is 7.51. The number of carbonyl (C=O) groups excluding carboxylic acids is 1. The van der Waals surface area contributed by atoms with Crippen LogP contribution in [-0.2, 0) is 25.7 Å². The molecule has 0 bridgehead atoms. The number of allylic oxidation sites excluding steroid dienone is 1. The van der Waals surface area contributed by atoms with Crippen LogP contribution >= 0.6 is 11.8 Å². The number of fused-ring (bicyclic) bond motifs is 2. The summed E-state index contributed by atoms with van der Waals surface area (Å²) in [6.07, 6.45) is 21.8. The molecule has 6 atom stereocenters. The molecule has 0 aromatic heterocycles. The van der Waals surface area contributed by atoms with E-state index in [1.54, 1.807) is 17.8 Å². The lowest BCUT2D eigenvalue weighted by Gasteiger charge is -2.60. The molecule has 3 N–H and O–H groups in total. The lowest BCUT2D eigenvalue weighted by molar-refractivity contribution is -0.258. The normalized spacial score (nSPS) is 22.0. The Morgan fingerprint density at radius 1 is 0.855 bits per heavy atom. The molecule has 11 nitrogen and oxygen atoms in total. The van der Waals surface area contributed by atoms with Gasteiger partial charge in [-0.15, -0.1) is 18.3 Å². The van der Waals surface area contributed by atoms with Gasteiger partial charge in [0.25, 0.3) is 0 Å². The minimum atomic E-state index is -1.39. The fourth-order valence-corrected chi connectivity index (χ4v) is 11.2. The zero-order chi connectivity index (χ0) is 48.7. The third kappa shape index (κ3) is 14.9. The Morgan fingerprint density at radius 2 is 1.57 bits per heavy atom. The summed E-state index contributed by atoms with van der Waals surface area (Å²) < 4.78 is 27.2. The molecule has 6 unspecified atom stereocenters. The standard InChI is InChI=1S/C57H80N2O9S/c1-4-6-7-8-9-10-11-12-16-25-54(63)59(32-37-64-38-35-62)53-41-51(58-66-42-43-21-14-13-15-22-43)49-39-44(23-17-19-33-60)48(24-18-20-34-61)55-50-40-46(67-45-26-29-47(69-3)30-27-45)28-31-52(50)68-57(53,56(49)55)65-36-5-2/h5,13-15,21-22,26-31,39-40,44,48,53,55-56,60-62H,2,4,6-12,16-20,23-25,32-38,41-42H2,1,3H3. The summed E-state index contributed by atoms with van der Waals surface area (Å²) in [5.41, 5.74) is 3.71. The van der Waals surface area contributed by atoms with Crippen LogP contribution in [0.1, 0.15) is 133 Å². The summed E-state index contributed by atoms with van der Waals surface area (Å²) in [7, 11) is 0. The largest absolute Gasteiger partial charge is 0.459 e. The fourth-order valence-electron chi connectivity index (χ4n) is 10.8. The third-order valence-corrected chi connectivity index (χ3v) is 14.8. The van der Waals surface area contributed by atoms with Crippen molar-refractivity contribution >= 4 is 23.4 Å². The molecule has 1 amide bonds. The van der Waals surface area contributed by atoms with E-state index in [2.05, 4.69) is 44.0 Å². The van der Waals surface area contributed by atoms with Crippen molar-refractivity contribution in [1.82, 2.24) is 4.90 Å². The van der Waals surface area contributed by atoms with Crippen LogP contribution in [0, 0.1) is 17.8 Å². The highest BCUT2D eigenvalue weighted by molar-refractivity contribution is 7.98. The monoisotopic (exact) mass is 969 g/mol. The summed E-state index contributed by atoms with van der Waals surface area (Å²) >= 11 is 1.68. The van der Waals surface area contributed by atoms with Crippen LogP contribution in [0.2, 0.25) is 0 Å². The van der Waals surface area contributed by atoms with Gasteiger partial charge in [0.05, 0.1) is 38.1 Å². The second-order valence-electron chi connectivity index (χ2n) is 18.8. The third-order valence-electron chi connectivity index (χ3n) is 14.1. The molecular formula is C57H80N2O9S. The van der Waals surface area contributed by atoms with Gasteiger partial charge in [0, 0.05) is 49.0 Å². The van der Waals surface area contributed by atoms with E-state index in [1.807, 2.05) is 59.5 Å². The molecule has 1 heterocycles. The van der Waals surface area contributed by atoms with E-state index < -0.39 is 17.7 Å². The first-order valence-electron chi connectivity index (χ1n) is 26.0. The van der Waals surface area contributed by atoms with Gasteiger partial charge >= 0.3 is 0 Å². The Kier molecular flexibility index (Phi) is 23.0. The highest BCUT2D eigenvalue weighted by atomic mass is 32.2. The number of amides is 1. The minimum absolute atomic E-state index is 0.00604. The van der Waals surface area contributed by atoms with Crippen LogP contribution < -0.4 is 9.47 Å². The maximum Gasteiger partial charge on any atom is 0.239 e. The summed E-state index contributed by atoms with van der Waals surface area (Å²) in [5, 5.41) is 34.8. The van der Waals surface area contributed by atoms with Crippen molar-refractivity contribution in [3.63, 3.8) is 0 Å².